The van der Waals surface area contributed by atoms with Gasteiger partial charge in [0.15, 0.2) is 0 Å². The second-order valence-electron chi connectivity index (χ2n) is 5.84. The summed E-state index contributed by atoms with van der Waals surface area (Å²) >= 11 is 1.75. The Labute approximate surface area is 124 Å². The van der Waals surface area contributed by atoms with Crippen molar-refractivity contribution in [2.45, 2.75) is 56.6 Å². The molecule has 1 N–H and O–H groups in total. The van der Waals surface area contributed by atoms with Crippen LogP contribution in [0.5, 0.6) is 5.75 Å². The van der Waals surface area contributed by atoms with Gasteiger partial charge >= 0.3 is 5.97 Å². The van der Waals surface area contributed by atoms with Gasteiger partial charge in [-0.25, -0.2) is 0 Å². The number of hydrogen-bond acceptors (Lipinski definition) is 4. The summed E-state index contributed by atoms with van der Waals surface area (Å²) in [5.41, 5.74) is 4.29. The molecule has 0 fully saturated rings. The first-order valence-electron chi connectivity index (χ1n) is 6.86. The van der Waals surface area contributed by atoms with Crippen molar-refractivity contribution in [2.24, 2.45) is 0 Å². The monoisotopic (exact) mass is 294 g/mol. The molecule has 0 saturated heterocycles. The zero-order chi connectivity index (χ0) is 15.1. The number of phenolic OH excluding ortho intramolecular Hbond substituents is 1. The minimum atomic E-state index is -0.159. The second-order valence-corrected chi connectivity index (χ2v) is 7.43. The number of methoxy groups -OCH3 is 1. The number of esters is 1. The predicted octanol–water partition coefficient (Wildman–Crippen LogP) is 3.68. The van der Waals surface area contributed by atoms with Crippen molar-refractivity contribution < 1.29 is 14.6 Å². The summed E-state index contributed by atoms with van der Waals surface area (Å²) < 4.78 is 4.69. The molecule has 0 saturated carbocycles. The van der Waals surface area contributed by atoms with Gasteiger partial charge in [-0.05, 0) is 62.8 Å². The maximum Gasteiger partial charge on any atom is 0.306 e. The Balaban J connectivity index is 2.42. The van der Waals surface area contributed by atoms with E-state index in [1.807, 2.05) is 20.8 Å². The first kappa shape index (κ1) is 15.2. The van der Waals surface area contributed by atoms with Gasteiger partial charge in [0.25, 0.3) is 0 Å². The molecule has 1 aliphatic rings. The van der Waals surface area contributed by atoms with Crippen molar-refractivity contribution in [3.8, 4) is 5.75 Å². The molecular weight excluding hydrogens is 272 g/mol. The highest BCUT2D eigenvalue weighted by molar-refractivity contribution is 8.00. The summed E-state index contributed by atoms with van der Waals surface area (Å²) in [5.74, 6) is 0.256. The SMILES string of the molecule is COC(=O)CC1(C)CCc2c(C)c(O)c(C)c(C)c2S1. The van der Waals surface area contributed by atoms with Gasteiger partial charge in [-0.2, -0.15) is 0 Å². The van der Waals surface area contributed by atoms with Crippen LogP contribution in [0.4, 0.5) is 0 Å². The first-order valence-corrected chi connectivity index (χ1v) is 7.68. The fourth-order valence-electron chi connectivity index (χ4n) is 2.80. The van der Waals surface area contributed by atoms with Crippen molar-refractivity contribution in [3.63, 3.8) is 0 Å². The van der Waals surface area contributed by atoms with Crippen LogP contribution in [-0.2, 0) is 16.0 Å². The average molecular weight is 294 g/mol. The number of fused-ring (bicyclic) bond motifs is 1. The number of hydrogen-bond donors (Lipinski definition) is 1. The molecule has 1 aromatic rings. The standard InChI is InChI=1S/C16H22O3S/c1-9-10(2)15-12(11(3)14(9)18)6-7-16(4,20-15)8-13(17)19-5/h18H,6-8H2,1-5H3. The number of carbonyl (C=O) groups is 1. The minimum Gasteiger partial charge on any atom is -0.507 e. The second kappa shape index (κ2) is 5.32. The number of rotatable bonds is 2. The number of aromatic hydroxyl groups is 1. The van der Waals surface area contributed by atoms with Gasteiger partial charge in [-0.3, -0.25) is 4.79 Å². The smallest absolute Gasteiger partial charge is 0.306 e. The third-order valence-corrected chi connectivity index (χ3v) is 5.94. The first-order chi connectivity index (χ1) is 9.29. The van der Waals surface area contributed by atoms with E-state index in [1.165, 1.54) is 17.6 Å². The van der Waals surface area contributed by atoms with Crippen LogP contribution in [0.3, 0.4) is 0 Å². The van der Waals surface area contributed by atoms with Gasteiger partial charge in [0.2, 0.25) is 0 Å². The van der Waals surface area contributed by atoms with Gasteiger partial charge in [0, 0.05) is 9.64 Å². The van der Waals surface area contributed by atoms with Crippen LogP contribution in [-0.4, -0.2) is 22.9 Å². The largest absolute Gasteiger partial charge is 0.507 e. The third kappa shape index (κ3) is 2.53. The minimum absolute atomic E-state index is 0.124. The molecule has 2 rings (SSSR count). The maximum atomic E-state index is 11.6. The molecule has 0 bridgehead atoms. The van der Waals surface area contributed by atoms with Crippen LogP contribution in [0.25, 0.3) is 0 Å². The van der Waals surface area contributed by atoms with E-state index in [-0.39, 0.29) is 10.7 Å². The third-order valence-electron chi connectivity index (χ3n) is 4.34. The average Bonchev–Trinajstić information content (AvgIpc) is 2.42. The van der Waals surface area contributed by atoms with Crippen LogP contribution in [0.1, 0.15) is 42.0 Å². The van der Waals surface area contributed by atoms with E-state index in [1.54, 1.807) is 11.8 Å². The lowest BCUT2D eigenvalue weighted by Gasteiger charge is -2.35. The molecule has 0 aliphatic carbocycles. The highest BCUT2D eigenvalue weighted by Gasteiger charge is 2.35. The van der Waals surface area contributed by atoms with Gasteiger partial charge in [-0.1, -0.05) is 0 Å². The number of carbonyl (C=O) groups excluding carboxylic acids is 1. The van der Waals surface area contributed by atoms with Gasteiger partial charge in [0.05, 0.1) is 13.5 Å². The summed E-state index contributed by atoms with van der Waals surface area (Å²) in [5, 5.41) is 10.2. The molecule has 110 valence electrons. The number of thioether (sulfide) groups is 1. The molecule has 1 heterocycles. The molecule has 1 unspecified atom stereocenters. The molecule has 20 heavy (non-hydrogen) atoms. The molecule has 1 aliphatic heterocycles. The molecule has 1 aromatic carbocycles. The molecule has 0 amide bonds. The molecule has 0 radical (unpaired) electrons. The van der Waals surface area contributed by atoms with Crippen molar-refractivity contribution in [1.82, 2.24) is 0 Å². The Bertz CT molecular complexity index is 566. The lowest BCUT2D eigenvalue weighted by Crippen LogP contribution is -2.29. The molecule has 4 heteroatoms. The summed E-state index contributed by atoms with van der Waals surface area (Å²) in [7, 11) is 1.44. The maximum absolute atomic E-state index is 11.6. The Morgan fingerprint density at radius 3 is 2.55 bits per heavy atom. The molecule has 0 spiro atoms. The molecule has 3 nitrogen and oxygen atoms in total. The highest BCUT2D eigenvalue weighted by atomic mass is 32.2. The fourth-order valence-corrected chi connectivity index (χ4v) is 4.37. The van der Waals surface area contributed by atoms with Crippen molar-refractivity contribution in [2.75, 3.05) is 7.11 Å². The van der Waals surface area contributed by atoms with E-state index in [0.29, 0.717) is 12.2 Å². The number of phenols is 1. The van der Waals surface area contributed by atoms with E-state index in [2.05, 4.69) is 6.92 Å². The topological polar surface area (TPSA) is 46.5 Å². The summed E-state index contributed by atoms with van der Waals surface area (Å²) in [6.45, 7) is 8.09. The van der Waals surface area contributed by atoms with E-state index < -0.39 is 0 Å². The summed E-state index contributed by atoms with van der Waals surface area (Å²) in [6, 6.07) is 0. The predicted molar refractivity (Wildman–Crippen MR) is 81.5 cm³/mol. The molecular formula is C16H22O3S. The van der Waals surface area contributed by atoms with Crippen molar-refractivity contribution in [3.05, 3.63) is 22.3 Å². The van der Waals surface area contributed by atoms with E-state index in [9.17, 15) is 9.90 Å². The van der Waals surface area contributed by atoms with Crippen LogP contribution in [0, 0.1) is 20.8 Å². The van der Waals surface area contributed by atoms with Crippen LogP contribution >= 0.6 is 11.8 Å². The highest BCUT2D eigenvalue weighted by Crippen LogP contribution is 2.49. The van der Waals surface area contributed by atoms with E-state index in [0.717, 1.165) is 29.5 Å². The van der Waals surface area contributed by atoms with Crippen LogP contribution < -0.4 is 0 Å². The quantitative estimate of drug-likeness (QED) is 0.845. The summed E-state index contributed by atoms with van der Waals surface area (Å²) in [4.78, 5) is 12.8. The van der Waals surface area contributed by atoms with Gasteiger partial charge in [0.1, 0.15) is 5.75 Å². The normalized spacial score (nSPS) is 21.4. The van der Waals surface area contributed by atoms with Gasteiger partial charge < -0.3 is 9.84 Å². The van der Waals surface area contributed by atoms with Crippen molar-refractivity contribution >= 4 is 17.7 Å². The number of benzene rings is 1. The van der Waals surface area contributed by atoms with Crippen LogP contribution in [0.2, 0.25) is 0 Å². The molecule has 1 atom stereocenters. The van der Waals surface area contributed by atoms with Gasteiger partial charge in [-0.15, -0.1) is 11.8 Å². The van der Waals surface area contributed by atoms with Crippen molar-refractivity contribution in [1.29, 1.82) is 0 Å². The Hall–Kier alpha value is -1.16. The lowest BCUT2D eigenvalue weighted by atomic mass is 9.91. The zero-order valence-corrected chi connectivity index (χ0v) is 13.6. The Morgan fingerprint density at radius 1 is 1.30 bits per heavy atom. The van der Waals surface area contributed by atoms with Crippen LogP contribution in [0.15, 0.2) is 4.90 Å². The lowest BCUT2D eigenvalue weighted by molar-refractivity contribution is -0.141. The summed E-state index contributed by atoms with van der Waals surface area (Å²) in [6.07, 6.45) is 2.24. The van der Waals surface area contributed by atoms with E-state index in [4.69, 9.17) is 4.74 Å². The molecule has 0 aromatic heterocycles. The Kier molecular flexibility index (Phi) is 4.05. The zero-order valence-electron chi connectivity index (χ0n) is 12.8. The van der Waals surface area contributed by atoms with E-state index >= 15 is 0 Å². The Morgan fingerprint density at radius 2 is 1.95 bits per heavy atom. The number of ether oxygens (including phenoxy) is 1. The fraction of sp³-hybridized carbons (Fsp3) is 0.562.